The molecule has 0 radical (unpaired) electrons. The molecule has 3 heteroatoms. The number of imidazole rings is 1. The second-order valence-electron chi connectivity index (χ2n) is 10.3. The zero-order valence-electron chi connectivity index (χ0n) is 21.8. The Bertz CT molecular complexity index is 1960. The second kappa shape index (κ2) is 8.74. The van der Waals surface area contributed by atoms with E-state index in [1.54, 1.807) is 0 Å². The van der Waals surface area contributed by atoms with E-state index in [-0.39, 0.29) is 0 Å². The Morgan fingerprint density at radius 1 is 0.711 bits per heavy atom. The molecule has 3 nitrogen and oxygen atoms in total. The first-order valence-corrected chi connectivity index (χ1v) is 13.2. The molecule has 2 heterocycles. The number of benzene rings is 5. The fourth-order valence-electron chi connectivity index (χ4n) is 5.49. The van der Waals surface area contributed by atoms with Gasteiger partial charge >= 0.3 is 0 Å². The molecular formula is C35H28N2O. The van der Waals surface area contributed by atoms with Crippen LogP contribution in [0.15, 0.2) is 114 Å². The Balaban J connectivity index is 1.57. The van der Waals surface area contributed by atoms with Crippen molar-refractivity contribution in [2.75, 3.05) is 0 Å². The standard InChI is InChI=1S/C35H28N2O/c1-22(2)25-17-19-31(29(21-25)24-10-5-4-6-11-24)37-32-15-8-7-14-30(32)36-35(37)28-13-9-12-27-26-18-16-23(3)20-33(26)38-34(27)28/h4-22H,1-3H3. The van der Waals surface area contributed by atoms with Gasteiger partial charge in [-0.25, -0.2) is 4.98 Å². The van der Waals surface area contributed by atoms with Crippen molar-refractivity contribution in [3.05, 3.63) is 120 Å². The maximum Gasteiger partial charge on any atom is 0.149 e. The maximum atomic E-state index is 6.52. The van der Waals surface area contributed by atoms with E-state index in [0.717, 1.165) is 50.0 Å². The van der Waals surface area contributed by atoms with E-state index in [2.05, 4.69) is 128 Å². The summed E-state index contributed by atoms with van der Waals surface area (Å²) in [6.07, 6.45) is 0. The minimum Gasteiger partial charge on any atom is -0.455 e. The van der Waals surface area contributed by atoms with E-state index in [9.17, 15) is 0 Å². The molecule has 38 heavy (non-hydrogen) atoms. The van der Waals surface area contributed by atoms with Crippen LogP contribution >= 0.6 is 0 Å². The molecule has 0 N–H and O–H groups in total. The Labute approximate surface area is 222 Å². The summed E-state index contributed by atoms with van der Waals surface area (Å²) >= 11 is 0. The van der Waals surface area contributed by atoms with Crippen molar-refractivity contribution in [3.8, 4) is 28.2 Å². The normalized spacial score (nSPS) is 11.8. The molecule has 2 aromatic heterocycles. The number of hydrogen-bond acceptors (Lipinski definition) is 2. The summed E-state index contributed by atoms with van der Waals surface area (Å²) in [5.41, 5.74) is 10.8. The first-order chi connectivity index (χ1) is 18.6. The summed E-state index contributed by atoms with van der Waals surface area (Å²) in [4.78, 5) is 5.19. The van der Waals surface area contributed by atoms with Crippen molar-refractivity contribution in [1.82, 2.24) is 9.55 Å². The molecule has 0 aliphatic heterocycles. The number of hydrogen-bond donors (Lipinski definition) is 0. The van der Waals surface area contributed by atoms with Gasteiger partial charge in [0, 0.05) is 16.3 Å². The number of rotatable bonds is 4. The highest BCUT2D eigenvalue weighted by molar-refractivity contribution is 6.09. The lowest BCUT2D eigenvalue weighted by molar-refractivity contribution is 0.669. The molecule has 5 aromatic carbocycles. The van der Waals surface area contributed by atoms with Gasteiger partial charge in [0.15, 0.2) is 0 Å². The van der Waals surface area contributed by atoms with E-state index >= 15 is 0 Å². The molecule has 0 bridgehead atoms. The molecule has 7 rings (SSSR count). The minimum atomic E-state index is 0.429. The summed E-state index contributed by atoms with van der Waals surface area (Å²) in [5, 5.41) is 2.23. The van der Waals surface area contributed by atoms with Gasteiger partial charge in [-0.1, -0.05) is 86.6 Å². The molecule has 0 saturated carbocycles. The van der Waals surface area contributed by atoms with Gasteiger partial charge in [-0.2, -0.15) is 0 Å². The van der Waals surface area contributed by atoms with Gasteiger partial charge in [0.2, 0.25) is 0 Å². The highest BCUT2D eigenvalue weighted by Crippen LogP contribution is 2.40. The van der Waals surface area contributed by atoms with Gasteiger partial charge in [-0.05, 0) is 65.9 Å². The van der Waals surface area contributed by atoms with Crippen molar-refractivity contribution >= 4 is 33.0 Å². The third-order valence-corrected chi connectivity index (χ3v) is 7.47. The molecule has 7 aromatic rings. The molecule has 0 amide bonds. The summed E-state index contributed by atoms with van der Waals surface area (Å²) in [5.74, 6) is 1.31. The van der Waals surface area contributed by atoms with Gasteiger partial charge in [-0.3, -0.25) is 4.57 Å². The molecular weight excluding hydrogens is 464 g/mol. The fourth-order valence-corrected chi connectivity index (χ4v) is 5.49. The molecule has 0 fully saturated rings. The minimum absolute atomic E-state index is 0.429. The summed E-state index contributed by atoms with van der Waals surface area (Å²) in [6.45, 7) is 6.58. The van der Waals surface area contributed by atoms with Crippen LogP contribution in [0.2, 0.25) is 0 Å². The monoisotopic (exact) mass is 492 g/mol. The highest BCUT2D eigenvalue weighted by Gasteiger charge is 2.21. The van der Waals surface area contributed by atoms with Crippen LogP contribution in [-0.2, 0) is 0 Å². The van der Waals surface area contributed by atoms with Crippen molar-refractivity contribution in [3.63, 3.8) is 0 Å². The van der Waals surface area contributed by atoms with E-state index in [1.165, 1.54) is 22.3 Å². The molecule has 0 atom stereocenters. The number of fused-ring (bicyclic) bond motifs is 4. The third kappa shape index (κ3) is 3.54. The number of nitrogens with zero attached hydrogens (tertiary/aromatic N) is 2. The molecule has 184 valence electrons. The largest absolute Gasteiger partial charge is 0.455 e. The number of aromatic nitrogens is 2. The highest BCUT2D eigenvalue weighted by atomic mass is 16.3. The number of aryl methyl sites for hydroxylation is 1. The lowest BCUT2D eigenvalue weighted by atomic mass is 9.95. The predicted molar refractivity (Wildman–Crippen MR) is 158 cm³/mol. The first-order valence-electron chi connectivity index (χ1n) is 13.2. The first kappa shape index (κ1) is 22.6. The van der Waals surface area contributed by atoms with Crippen LogP contribution < -0.4 is 0 Å². The summed E-state index contributed by atoms with van der Waals surface area (Å²) in [7, 11) is 0. The zero-order valence-corrected chi connectivity index (χ0v) is 21.8. The number of furan rings is 1. The molecule has 0 saturated heterocycles. The van der Waals surface area contributed by atoms with Crippen LogP contribution in [0.25, 0.3) is 61.2 Å². The van der Waals surface area contributed by atoms with E-state index in [4.69, 9.17) is 9.40 Å². The quantitative estimate of drug-likeness (QED) is 0.245. The Morgan fingerprint density at radius 3 is 2.37 bits per heavy atom. The molecule has 0 spiro atoms. The van der Waals surface area contributed by atoms with Gasteiger partial charge in [0.05, 0.1) is 22.3 Å². The fraction of sp³-hybridized carbons (Fsp3) is 0.114. The SMILES string of the molecule is Cc1ccc2c(c1)oc1c(-c3nc4ccccc4n3-c3ccc(C(C)C)cc3-c3ccccc3)cccc12. The van der Waals surface area contributed by atoms with Crippen LogP contribution in [0.4, 0.5) is 0 Å². The van der Waals surface area contributed by atoms with Crippen LogP contribution in [0.3, 0.4) is 0 Å². The van der Waals surface area contributed by atoms with Gasteiger partial charge in [0.25, 0.3) is 0 Å². The Hall–Kier alpha value is -4.63. The molecule has 0 unspecified atom stereocenters. The van der Waals surface area contributed by atoms with Crippen molar-refractivity contribution in [1.29, 1.82) is 0 Å². The average Bonchev–Trinajstić information content (AvgIpc) is 3.51. The Morgan fingerprint density at radius 2 is 1.53 bits per heavy atom. The second-order valence-corrected chi connectivity index (χ2v) is 10.3. The van der Waals surface area contributed by atoms with E-state index in [0.29, 0.717) is 5.92 Å². The van der Waals surface area contributed by atoms with Crippen molar-refractivity contribution in [2.24, 2.45) is 0 Å². The molecule has 0 aliphatic carbocycles. The summed E-state index contributed by atoms with van der Waals surface area (Å²) < 4.78 is 8.82. The number of para-hydroxylation sites is 3. The van der Waals surface area contributed by atoms with Crippen LogP contribution in [0.5, 0.6) is 0 Å². The van der Waals surface area contributed by atoms with Crippen LogP contribution in [0, 0.1) is 6.92 Å². The van der Waals surface area contributed by atoms with Crippen LogP contribution in [0.1, 0.15) is 30.9 Å². The Kier molecular flexibility index (Phi) is 5.19. The average molecular weight is 493 g/mol. The van der Waals surface area contributed by atoms with Gasteiger partial charge in [-0.15, -0.1) is 0 Å². The lowest BCUT2D eigenvalue weighted by Gasteiger charge is -2.17. The zero-order chi connectivity index (χ0) is 25.8. The summed E-state index contributed by atoms with van der Waals surface area (Å²) in [6, 6.07) is 38.6. The molecule has 0 aliphatic rings. The van der Waals surface area contributed by atoms with Crippen molar-refractivity contribution < 1.29 is 4.42 Å². The predicted octanol–water partition coefficient (Wildman–Crippen LogP) is 9.69. The van der Waals surface area contributed by atoms with E-state index < -0.39 is 0 Å². The topological polar surface area (TPSA) is 31.0 Å². The smallest absolute Gasteiger partial charge is 0.149 e. The van der Waals surface area contributed by atoms with E-state index in [1.807, 2.05) is 6.07 Å². The van der Waals surface area contributed by atoms with Crippen LogP contribution in [-0.4, -0.2) is 9.55 Å². The van der Waals surface area contributed by atoms with Gasteiger partial charge < -0.3 is 4.42 Å². The lowest BCUT2D eigenvalue weighted by Crippen LogP contribution is -2.02. The maximum absolute atomic E-state index is 6.52. The third-order valence-electron chi connectivity index (χ3n) is 7.47. The van der Waals surface area contributed by atoms with Crippen molar-refractivity contribution in [2.45, 2.75) is 26.7 Å². The van der Waals surface area contributed by atoms with Gasteiger partial charge in [0.1, 0.15) is 17.0 Å².